The van der Waals surface area contributed by atoms with Gasteiger partial charge in [0, 0.05) is 23.6 Å². The van der Waals surface area contributed by atoms with Gasteiger partial charge in [0.2, 0.25) is 5.91 Å². The Hall–Kier alpha value is -3.16. The molecule has 0 saturated carbocycles. The Labute approximate surface area is 186 Å². The minimum Gasteiger partial charge on any atom is -0.497 e. The van der Waals surface area contributed by atoms with Gasteiger partial charge in [0.25, 0.3) is 0 Å². The van der Waals surface area contributed by atoms with Crippen LogP contribution in [-0.4, -0.2) is 34.3 Å². The van der Waals surface area contributed by atoms with Gasteiger partial charge in [-0.1, -0.05) is 30.3 Å². The maximum absolute atomic E-state index is 12.1. The van der Waals surface area contributed by atoms with Crippen molar-refractivity contribution in [3.63, 3.8) is 0 Å². The van der Waals surface area contributed by atoms with E-state index in [1.807, 2.05) is 60.9 Å². The highest BCUT2D eigenvalue weighted by Crippen LogP contribution is 2.33. The zero-order chi connectivity index (χ0) is 22.5. The van der Waals surface area contributed by atoms with Crippen LogP contribution in [0.2, 0.25) is 5.02 Å². The number of benzene rings is 2. The van der Waals surface area contributed by atoms with Gasteiger partial charge in [-0.2, -0.15) is 0 Å². The van der Waals surface area contributed by atoms with E-state index in [2.05, 4.69) is 22.1 Å². The topological polar surface area (TPSA) is 95.1 Å². The molecule has 3 N–H and O–H groups in total. The number of amides is 1. The molecule has 31 heavy (non-hydrogen) atoms. The van der Waals surface area contributed by atoms with Gasteiger partial charge in [0.05, 0.1) is 18.8 Å². The summed E-state index contributed by atoms with van der Waals surface area (Å²) in [6, 6.07) is 12.5. The second kappa shape index (κ2) is 9.76. The zero-order valence-electron chi connectivity index (χ0n) is 17.9. The molecule has 0 spiro atoms. The van der Waals surface area contributed by atoms with Crippen molar-refractivity contribution in [3.8, 4) is 11.4 Å². The van der Waals surface area contributed by atoms with E-state index >= 15 is 0 Å². The summed E-state index contributed by atoms with van der Waals surface area (Å²) < 4.78 is 7.30. The Kier molecular flexibility index (Phi) is 7.09. The Balaban J connectivity index is 2.09. The number of nitrogens with zero attached hydrogens (tertiary/aromatic N) is 3. The fourth-order valence-electron chi connectivity index (χ4n) is 3.36. The highest BCUT2D eigenvalue weighted by atomic mass is 35.5. The molecule has 1 amide bonds. The van der Waals surface area contributed by atoms with Crippen LogP contribution in [-0.2, 0) is 4.79 Å². The van der Waals surface area contributed by atoms with E-state index in [0.717, 1.165) is 22.4 Å². The summed E-state index contributed by atoms with van der Waals surface area (Å²) in [5, 5.41) is 11.9. The number of hydrogen-bond acceptors (Lipinski definition) is 5. The molecule has 1 heterocycles. The van der Waals surface area contributed by atoms with Gasteiger partial charge >= 0.3 is 0 Å². The van der Waals surface area contributed by atoms with Crippen LogP contribution in [0.1, 0.15) is 42.2 Å². The second-order valence-corrected chi connectivity index (χ2v) is 7.51. The van der Waals surface area contributed by atoms with Gasteiger partial charge in [0.1, 0.15) is 11.6 Å². The van der Waals surface area contributed by atoms with Gasteiger partial charge < -0.3 is 15.8 Å². The monoisotopic (exact) mass is 439 g/mol. The van der Waals surface area contributed by atoms with Crippen molar-refractivity contribution < 1.29 is 9.53 Å². The fraction of sp³-hybridized carbons (Fsp3) is 0.261. The first-order valence-electron chi connectivity index (χ1n) is 9.93. The van der Waals surface area contributed by atoms with Crippen LogP contribution in [0.5, 0.6) is 5.75 Å². The molecule has 3 rings (SSSR count). The van der Waals surface area contributed by atoms with E-state index in [-0.39, 0.29) is 12.3 Å². The number of rotatable bonds is 8. The number of ether oxygens (including phenoxy) is 1. The van der Waals surface area contributed by atoms with Crippen LogP contribution in [0.3, 0.4) is 0 Å². The summed E-state index contributed by atoms with van der Waals surface area (Å²) >= 11 is 6.05. The maximum atomic E-state index is 12.1. The number of nitrogens with two attached hydrogens (primary N) is 1. The number of carbonyl (C=O) groups excluding carboxylic acids is 1. The standard InChI is InChI=1S/C23H26ClN5O2/c1-5-26-22(30)13-20(25)23-28-27-15(3)29(23)21-11-10-18(31-4)12-19(21)14(2)16-6-8-17(24)9-7-16/h6-12,20H,2,5,13,25H2,1,3-4H3,(H,26,30)/t20-/m1/s1. The number of hydrogen-bond donors (Lipinski definition) is 2. The van der Waals surface area contributed by atoms with Gasteiger partial charge in [0.15, 0.2) is 5.82 Å². The average molecular weight is 440 g/mol. The number of aryl methyl sites for hydroxylation is 1. The summed E-state index contributed by atoms with van der Waals surface area (Å²) in [6.45, 7) is 8.55. The van der Waals surface area contributed by atoms with E-state index in [9.17, 15) is 4.79 Å². The normalized spacial score (nSPS) is 11.8. The zero-order valence-corrected chi connectivity index (χ0v) is 18.6. The fourth-order valence-corrected chi connectivity index (χ4v) is 3.49. The number of nitrogens with one attached hydrogen (secondary N) is 1. The third kappa shape index (κ3) is 4.95. The van der Waals surface area contributed by atoms with Gasteiger partial charge in [-0.15, -0.1) is 10.2 Å². The molecule has 8 heteroatoms. The van der Waals surface area contributed by atoms with Crippen LogP contribution in [0, 0.1) is 6.92 Å². The molecular weight excluding hydrogens is 414 g/mol. The van der Waals surface area contributed by atoms with Gasteiger partial charge in [-0.05, 0) is 55.3 Å². The third-order valence-electron chi connectivity index (χ3n) is 4.92. The number of halogens is 1. The van der Waals surface area contributed by atoms with Crippen molar-refractivity contribution in [2.45, 2.75) is 26.3 Å². The van der Waals surface area contributed by atoms with Crippen molar-refractivity contribution in [2.24, 2.45) is 5.73 Å². The first kappa shape index (κ1) is 22.5. The Morgan fingerprint density at radius 2 is 1.97 bits per heavy atom. The predicted molar refractivity (Wildman–Crippen MR) is 122 cm³/mol. The molecule has 3 aromatic rings. The quantitative estimate of drug-likeness (QED) is 0.556. The molecule has 1 atom stereocenters. The molecule has 0 fully saturated rings. The molecule has 7 nitrogen and oxygen atoms in total. The minimum atomic E-state index is -0.619. The molecular formula is C23H26ClN5O2. The van der Waals surface area contributed by atoms with Crippen LogP contribution >= 0.6 is 11.6 Å². The molecule has 1 aromatic heterocycles. The molecule has 0 radical (unpaired) electrons. The molecule has 2 aromatic carbocycles. The van der Waals surface area contributed by atoms with Crippen molar-refractivity contribution in [1.82, 2.24) is 20.1 Å². The Bertz CT molecular complexity index is 1090. The smallest absolute Gasteiger partial charge is 0.222 e. The molecule has 162 valence electrons. The lowest BCUT2D eigenvalue weighted by atomic mass is 9.97. The van der Waals surface area contributed by atoms with Crippen LogP contribution in [0.4, 0.5) is 0 Å². The highest BCUT2D eigenvalue weighted by molar-refractivity contribution is 6.30. The van der Waals surface area contributed by atoms with Gasteiger partial charge in [-0.25, -0.2) is 0 Å². The number of methoxy groups -OCH3 is 1. The van der Waals surface area contributed by atoms with E-state index in [1.165, 1.54) is 0 Å². The Morgan fingerprint density at radius 3 is 2.61 bits per heavy atom. The Morgan fingerprint density at radius 1 is 1.26 bits per heavy atom. The van der Waals surface area contributed by atoms with Gasteiger partial charge in [-0.3, -0.25) is 9.36 Å². The molecule has 0 unspecified atom stereocenters. The summed E-state index contributed by atoms with van der Waals surface area (Å²) in [4.78, 5) is 12.1. The predicted octanol–water partition coefficient (Wildman–Crippen LogP) is 3.83. The summed E-state index contributed by atoms with van der Waals surface area (Å²) in [7, 11) is 1.61. The van der Waals surface area contributed by atoms with Crippen LogP contribution < -0.4 is 15.8 Å². The largest absolute Gasteiger partial charge is 0.497 e. The summed E-state index contributed by atoms with van der Waals surface area (Å²) in [6.07, 6.45) is 0.107. The average Bonchev–Trinajstić information content (AvgIpc) is 3.14. The first-order chi connectivity index (χ1) is 14.8. The minimum absolute atomic E-state index is 0.107. The lowest BCUT2D eigenvalue weighted by Crippen LogP contribution is -2.28. The van der Waals surface area contributed by atoms with Crippen molar-refractivity contribution >= 4 is 23.1 Å². The molecule has 0 saturated heterocycles. The van der Waals surface area contributed by atoms with Crippen molar-refractivity contribution in [2.75, 3.05) is 13.7 Å². The third-order valence-corrected chi connectivity index (χ3v) is 5.18. The second-order valence-electron chi connectivity index (χ2n) is 7.07. The molecule has 0 bridgehead atoms. The number of aromatic nitrogens is 3. The molecule has 0 aliphatic rings. The lowest BCUT2D eigenvalue weighted by molar-refractivity contribution is -0.121. The summed E-state index contributed by atoms with van der Waals surface area (Å²) in [5.74, 6) is 1.70. The first-order valence-corrected chi connectivity index (χ1v) is 10.3. The molecule has 0 aliphatic heterocycles. The highest BCUT2D eigenvalue weighted by Gasteiger charge is 2.23. The molecule has 0 aliphatic carbocycles. The van der Waals surface area contributed by atoms with Crippen LogP contribution in [0.25, 0.3) is 11.3 Å². The maximum Gasteiger partial charge on any atom is 0.222 e. The SMILES string of the molecule is C=C(c1ccc(Cl)cc1)c1cc(OC)ccc1-n1c(C)nnc1[C@H](N)CC(=O)NCC. The van der Waals surface area contributed by atoms with Crippen molar-refractivity contribution in [1.29, 1.82) is 0 Å². The van der Waals surface area contributed by atoms with E-state index in [1.54, 1.807) is 7.11 Å². The van der Waals surface area contributed by atoms with Crippen LogP contribution in [0.15, 0.2) is 49.0 Å². The number of carbonyl (C=O) groups is 1. The van der Waals surface area contributed by atoms with Crippen molar-refractivity contribution in [3.05, 3.63) is 76.8 Å². The van der Waals surface area contributed by atoms with E-state index < -0.39 is 6.04 Å². The lowest BCUT2D eigenvalue weighted by Gasteiger charge is -2.19. The van der Waals surface area contributed by atoms with E-state index in [0.29, 0.717) is 29.0 Å². The summed E-state index contributed by atoms with van der Waals surface area (Å²) in [5.41, 5.74) is 9.66. The van der Waals surface area contributed by atoms with E-state index in [4.69, 9.17) is 22.1 Å².